The van der Waals surface area contributed by atoms with Crippen molar-refractivity contribution in [1.29, 1.82) is 0 Å². The summed E-state index contributed by atoms with van der Waals surface area (Å²) >= 11 is 1.55. The molecule has 6 atom stereocenters. The molecule has 9 nitrogen and oxygen atoms in total. The van der Waals surface area contributed by atoms with Crippen LogP contribution in [0.25, 0.3) is 0 Å². The molecule has 0 aromatic rings. The second kappa shape index (κ2) is 10.7. The standard InChI is InChI=1S/C27H39N3O6S/c1-19(18-31)30-22-24(33)29(12-11-28-13-16-35-17-14-28)10-7-9-27(22)20(23(30)32)21-25(34)36-15-6-4-3-5-8-26(21,2)37-27/h5,7-9,19-22,31H,3-4,6,10-18H2,1-2H3/b8-5-/t19-,20+,21-,22?,26+,27+/m1/s1. The van der Waals surface area contributed by atoms with Gasteiger partial charge in [-0.1, -0.05) is 24.3 Å². The highest BCUT2D eigenvalue weighted by atomic mass is 32.2. The van der Waals surface area contributed by atoms with Gasteiger partial charge in [0.2, 0.25) is 11.8 Å². The summed E-state index contributed by atoms with van der Waals surface area (Å²) in [6.07, 6.45) is 10.8. The van der Waals surface area contributed by atoms with Crippen LogP contribution < -0.4 is 0 Å². The lowest BCUT2D eigenvalue weighted by atomic mass is 9.74. The summed E-state index contributed by atoms with van der Waals surface area (Å²) in [5.41, 5.74) is 0. The van der Waals surface area contributed by atoms with Gasteiger partial charge in [0.1, 0.15) is 6.04 Å². The van der Waals surface area contributed by atoms with Crippen LogP contribution in [0, 0.1) is 11.8 Å². The number of nitrogens with zero attached hydrogens (tertiary/aromatic N) is 3. The first kappa shape index (κ1) is 26.7. The van der Waals surface area contributed by atoms with Gasteiger partial charge in [0.05, 0.1) is 49.1 Å². The van der Waals surface area contributed by atoms with Gasteiger partial charge in [-0.2, -0.15) is 0 Å². The molecule has 1 unspecified atom stereocenters. The summed E-state index contributed by atoms with van der Waals surface area (Å²) in [7, 11) is 0. The molecular formula is C27H39N3O6S. The number of allylic oxidation sites excluding steroid dienone is 1. The second-order valence-electron chi connectivity index (χ2n) is 11.0. The van der Waals surface area contributed by atoms with Crippen molar-refractivity contribution >= 4 is 29.5 Å². The molecule has 0 aliphatic carbocycles. The van der Waals surface area contributed by atoms with Crippen molar-refractivity contribution in [1.82, 2.24) is 14.7 Å². The molecule has 5 aliphatic heterocycles. The third kappa shape index (κ3) is 4.64. The molecular weight excluding hydrogens is 494 g/mol. The van der Waals surface area contributed by atoms with Crippen molar-refractivity contribution in [3.8, 4) is 0 Å². The molecule has 10 heteroatoms. The van der Waals surface area contributed by atoms with E-state index in [4.69, 9.17) is 9.47 Å². The van der Waals surface area contributed by atoms with Crippen LogP contribution >= 0.6 is 11.8 Å². The van der Waals surface area contributed by atoms with Gasteiger partial charge < -0.3 is 24.4 Å². The summed E-state index contributed by atoms with van der Waals surface area (Å²) < 4.78 is 9.55. The Kier molecular flexibility index (Phi) is 7.73. The average molecular weight is 534 g/mol. The van der Waals surface area contributed by atoms with Crippen molar-refractivity contribution < 1.29 is 29.0 Å². The van der Waals surface area contributed by atoms with Gasteiger partial charge in [0.15, 0.2) is 0 Å². The Morgan fingerprint density at radius 3 is 2.59 bits per heavy atom. The molecule has 5 heterocycles. The van der Waals surface area contributed by atoms with Crippen molar-refractivity contribution in [3.63, 3.8) is 0 Å². The number of hydrogen-bond donors (Lipinski definition) is 1. The molecule has 204 valence electrons. The SMILES string of the molecule is C[C@H](CO)N1C(=O)[C@@H]2[C@@H]3C(=O)OCCCC/C=C\[C@]3(C)S[C@@]23C=CCN(CCN2CCOCC2)C(=O)C13. The van der Waals surface area contributed by atoms with Crippen molar-refractivity contribution in [3.05, 3.63) is 24.3 Å². The smallest absolute Gasteiger partial charge is 0.311 e. The molecule has 0 bridgehead atoms. The highest BCUT2D eigenvalue weighted by molar-refractivity contribution is 8.02. The quantitative estimate of drug-likeness (QED) is 0.414. The largest absolute Gasteiger partial charge is 0.465 e. The fourth-order valence-electron chi connectivity index (χ4n) is 6.63. The molecule has 37 heavy (non-hydrogen) atoms. The van der Waals surface area contributed by atoms with E-state index in [0.29, 0.717) is 32.9 Å². The number of fused-ring (bicyclic) bond motifs is 2. The van der Waals surface area contributed by atoms with Gasteiger partial charge in [-0.15, -0.1) is 11.8 Å². The number of thioether (sulfide) groups is 1. The number of esters is 1. The molecule has 3 saturated heterocycles. The van der Waals surface area contributed by atoms with E-state index in [1.807, 2.05) is 24.0 Å². The van der Waals surface area contributed by atoms with Gasteiger partial charge in [0.25, 0.3) is 0 Å². The number of amides is 2. The van der Waals surface area contributed by atoms with Crippen molar-refractivity contribution in [2.45, 2.75) is 54.7 Å². The number of likely N-dealkylation sites (tertiary alicyclic amines) is 1. The third-order valence-electron chi connectivity index (χ3n) is 8.55. The van der Waals surface area contributed by atoms with E-state index in [0.717, 1.165) is 38.9 Å². The van der Waals surface area contributed by atoms with E-state index in [1.165, 1.54) is 0 Å². The molecule has 0 radical (unpaired) electrons. The van der Waals surface area contributed by atoms with E-state index in [1.54, 1.807) is 23.6 Å². The van der Waals surface area contributed by atoms with Crippen LogP contribution in [-0.2, 0) is 23.9 Å². The van der Waals surface area contributed by atoms with Crippen LogP contribution in [0.15, 0.2) is 24.3 Å². The van der Waals surface area contributed by atoms with Crippen LogP contribution in [0.2, 0.25) is 0 Å². The maximum Gasteiger partial charge on any atom is 0.311 e. The summed E-state index contributed by atoms with van der Waals surface area (Å²) in [6, 6.07) is -1.34. The fourth-order valence-corrected chi connectivity index (χ4v) is 8.77. The van der Waals surface area contributed by atoms with Crippen LogP contribution in [0.4, 0.5) is 0 Å². The van der Waals surface area contributed by atoms with Crippen molar-refractivity contribution in [2.75, 3.05) is 59.2 Å². The lowest BCUT2D eigenvalue weighted by Crippen LogP contribution is -2.57. The minimum atomic E-state index is -0.915. The molecule has 0 aromatic heterocycles. The average Bonchev–Trinajstić information content (AvgIpc) is 3.23. The lowest BCUT2D eigenvalue weighted by molar-refractivity contribution is -0.154. The summed E-state index contributed by atoms with van der Waals surface area (Å²) in [5.74, 6) is -2.19. The molecule has 2 amide bonds. The zero-order valence-electron chi connectivity index (χ0n) is 21.8. The molecule has 0 aromatic carbocycles. The number of ether oxygens (including phenoxy) is 2. The molecule has 0 saturated carbocycles. The van der Waals surface area contributed by atoms with Gasteiger partial charge in [-0.05, 0) is 33.1 Å². The van der Waals surface area contributed by atoms with Gasteiger partial charge in [0, 0.05) is 37.5 Å². The monoisotopic (exact) mass is 533 g/mol. The summed E-state index contributed by atoms with van der Waals surface area (Å²) in [5, 5.41) is 10.1. The number of aliphatic hydroxyl groups excluding tert-OH is 1. The molecule has 1 N–H and O–H groups in total. The highest BCUT2D eigenvalue weighted by Crippen LogP contribution is 2.65. The zero-order chi connectivity index (χ0) is 26.2. The van der Waals surface area contributed by atoms with E-state index < -0.39 is 33.4 Å². The number of hydrogen-bond acceptors (Lipinski definition) is 8. The second-order valence-corrected chi connectivity index (χ2v) is 12.8. The van der Waals surface area contributed by atoms with Gasteiger partial charge >= 0.3 is 5.97 Å². The summed E-state index contributed by atoms with van der Waals surface area (Å²) in [4.78, 5) is 47.6. The highest BCUT2D eigenvalue weighted by Gasteiger charge is 2.74. The minimum Gasteiger partial charge on any atom is -0.465 e. The predicted octanol–water partition coefficient (Wildman–Crippen LogP) is 1.07. The first-order chi connectivity index (χ1) is 17.8. The number of aliphatic hydroxyl groups is 1. The first-order valence-electron chi connectivity index (χ1n) is 13.6. The predicted molar refractivity (Wildman–Crippen MR) is 140 cm³/mol. The van der Waals surface area contributed by atoms with Gasteiger partial charge in [-0.25, -0.2) is 0 Å². The molecule has 1 spiro atoms. The molecule has 5 rings (SSSR count). The Hall–Kier alpha value is -1.88. The van der Waals surface area contributed by atoms with Crippen LogP contribution in [-0.4, -0.2) is 118 Å². The minimum absolute atomic E-state index is 0.119. The van der Waals surface area contributed by atoms with E-state index in [2.05, 4.69) is 17.1 Å². The topological polar surface area (TPSA) is 99.6 Å². The van der Waals surface area contributed by atoms with E-state index in [-0.39, 0.29) is 24.4 Å². The lowest BCUT2D eigenvalue weighted by Gasteiger charge is -2.39. The van der Waals surface area contributed by atoms with E-state index >= 15 is 0 Å². The Labute approximate surface area is 223 Å². The Bertz CT molecular complexity index is 968. The summed E-state index contributed by atoms with van der Waals surface area (Å²) in [6.45, 7) is 8.63. The van der Waals surface area contributed by atoms with E-state index in [9.17, 15) is 19.5 Å². The molecule has 3 fully saturated rings. The number of rotatable bonds is 5. The normalized spacial score (nSPS) is 38.5. The number of carbonyl (C=O) groups excluding carboxylic acids is 3. The van der Waals surface area contributed by atoms with Crippen LogP contribution in [0.3, 0.4) is 0 Å². The third-order valence-corrected chi connectivity index (χ3v) is 10.3. The maximum atomic E-state index is 14.3. The van der Waals surface area contributed by atoms with Gasteiger partial charge in [-0.3, -0.25) is 19.3 Å². The number of carbonyl (C=O) groups is 3. The van der Waals surface area contributed by atoms with Crippen molar-refractivity contribution in [2.24, 2.45) is 11.8 Å². The Balaban J connectivity index is 1.52. The van der Waals surface area contributed by atoms with Crippen LogP contribution in [0.5, 0.6) is 0 Å². The Morgan fingerprint density at radius 2 is 1.84 bits per heavy atom. The fraction of sp³-hybridized carbons (Fsp3) is 0.741. The Morgan fingerprint density at radius 1 is 1.05 bits per heavy atom. The zero-order valence-corrected chi connectivity index (χ0v) is 22.7. The first-order valence-corrected chi connectivity index (χ1v) is 14.4. The maximum absolute atomic E-state index is 14.3. The molecule has 5 aliphatic rings. The van der Waals surface area contributed by atoms with Crippen LogP contribution in [0.1, 0.15) is 33.1 Å². The number of morpholine rings is 1. The number of cyclic esters (lactones) is 1.